The maximum absolute atomic E-state index is 9.89. The monoisotopic (exact) mass is 687 g/mol. The van der Waals surface area contributed by atoms with Crippen LogP contribution in [0.1, 0.15) is 78.1 Å². The minimum absolute atomic E-state index is 0.382. The molecule has 10 aliphatic carbocycles. The second kappa shape index (κ2) is 15.3. The Hall–Kier alpha value is -1.20. The molecule has 4 nitrogen and oxygen atoms in total. The Morgan fingerprint density at radius 2 is 0.660 bits per heavy atom. The zero-order valence-electron chi connectivity index (χ0n) is 31.8. The van der Waals surface area contributed by atoms with Gasteiger partial charge in [-0.1, -0.05) is 62.5 Å². The quantitative estimate of drug-likeness (QED) is 0.226. The molecule has 0 heterocycles. The average molecular weight is 687 g/mol. The number of fused-ring (bicyclic) bond motifs is 8. The minimum Gasteiger partial charge on any atom is -0.396 e. The Kier molecular flexibility index (Phi) is 10.9. The molecule has 8 bridgehead atoms. The van der Waals surface area contributed by atoms with Crippen molar-refractivity contribution in [3.8, 4) is 0 Å². The highest BCUT2D eigenvalue weighted by molar-refractivity contribution is 5.19. The van der Waals surface area contributed by atoms with Gasteiger partial charge in [0.15, 0.2) is 0 Å². The van der Waals surface area contributed by atoms with Crippen molar-refractivity contribution in [1.29, 1.82) is 0 Å². The Labute approximate surface area is 304 Å². The molecule has 0 aromatic rings. The average Bonchev–Trinajstić information content (AvgIpc) is 4.00. The highest BCUT2D eigenvalue weighted by atomic mass is 16.5. The van der Waals surface area contributed by atoms with Crippen LogP contribution in [0.15, 0.2) is 48.6 Å². The number of aliphatic hydroxyl groups excluding tert-OH is 2. The third-order valence-corrected chi connectivity index (χ3v) is 17.1. The van der Waals surface area contributed by atoms with Crippen LogP contribution in [0.4, 0.5) is 0 Å². The van der Waals surface area contributed by atoms with Crippen molar-refractivity contribution in [2.24, 2.45) is 118 Å². The predicted molar refractivity (Wildman–Crippen MR) is 202 cm³/mol. The van der Waals surface area contributed by atoms with Crippen molar-refractivity contribution in [2.45, 2.75) is 78.1 Å². The lowest BCUT2D eigenvalue weighted by atomic mass is 9.71. The number of rotatable bonds is 10. The first-order valence-electron chi connectivity index (χ1n) is 21.5. The Morgan fingerprint density at radius 1 is 0.400 bits per heavy atom. The van der Waals surface area contributed by atoms with E-state index in [0.29, 0.717) is 36.9 Å². The standard InChI is InChI=1S/C23H34O2.C21H30O2.C2H6/c1-24-12-20-14-3-5-16(9-14)22(20)18-7-8-19(11-18)23-17-6-4-15(10-17)21(23)13-25-2;22-10-18-12-1-3-14(7-12)20(18)16-5-6-17(9-16)21-15-4-2-13(8-15)19(21)11-23;1-2/h3-6,14-23H,7-13H2,1-2H3;1-4,12-23H,5-11H2;1-2H3/t14-,15+,16+,17-,18?,19?,20?,21?,22+,23-;12-,13+,14+,15-,16?,17?,18?,19?,20+,21-;. The number of ether oxygens (including phenoxy) is 2. The molecule has 4 heteroatoms. The second-order valence-corrected chi connectivity index (χ2v) is 18.7. The summed E-state index contributed by atoms with van der Waals surface area (Å²) in [4.78, 5) is 0. The molecule has 6 saturated carbocycles. The third-order valence-electron chi connectivity index (χ3n) is 17.1. The normalized spacial score (nSPS) is 52.4. The van der Waals surface area contributed by atoms with Crippen molar-refractivity contribution in [2.75, 3.05) is 40.6 Å². The van der Waals surface area contributed by atoms with Crippen molar-refractivity contribution in [1.82, 2.24) is 0 Å². The number of aliphatic hydroxyl groups is 2. The molecule has 0 amide bonds. The van der Waals surface area contributed by atoms with Crippen LogP contribution in [-0.2, 0) is 9.47 Å². The van der Waals surface area contributed by atoms with Gasteiger partial charge >= 0.3 is 0 Å². The van der Waals surface area contributed by atoms with E-state index in [2.05, 4.69) is 48.6 Å². The van der Waals surface area contributed by atoms with E-state index in [1.807, 2.05) is 28.1 Å². The van der Waals surface area contributed by atoms with Gasteiger partial charge in [-0.05, 0) is 183 Å². The molecule has 8 unspecified atom stereocenters. The molecule has 10 rings (SSSR count). The van der Waals surface area contributed by atoms with E-state index >= 15 is 0 Å². The number of hydrogen-bond acceptors (Lipinski definition) is 4. The fourth-order valence-corrected chi connectivity index (χ4v) is 15.5. The van der Waals surface area contributed by atoms with Crippen molar-refractivity contribution < 1.29 is 19.7 Å². The Bertz CT molecular complexity index is 1170. The lowest BCUT2D eigenvalue weighted by molar-refractivity contribution is 0.0762. The van der Waals surface area contributed by atoms with E-state index in [0.717, 1.165) is 108 Å². The molecular weight excluding hydrogens is 617 g/mol. The number of hydrogen-bond donors (Lipinski definition) is 2. The van der Waals surface area contributed by atoms with Gasteiger partial charge in [0, 0.05) is 40.6 Å². The van der Waals surface area contributed by atoms with Crippen LogP contribution >= 0.6 is 0 Å². The molecule has 0 aromatic heterocycles. The van der Waals surface area contributed by atoms with Crippen LogP contribution in [0.3, 0.4) is 0 Å². The van der Waals surface area contributed by atoms with E-state index in [1.165, 1.54) is 64.2 Å². The van der Waals surface area contributed by atoms with Crippen LogP contribution in [-0.4, -0.2) is 50.9 Å². The van der Waals surface area contributed by atoms with E-state index in [4.69, 9.17) is 9.47 Å². The summed E-state index contributed by atoms with van der Waals surface area (Å²) in [6.45, 7) is 6.71. The third kappa shape index (κ3) is 6.11. The summed E-state index contributed by atoms with van der Waals surface area (Å²) >= 11 is 0. The fourth-order valence-electron chi connectivity index (χ4n) is 15.5. The van der Waals surface area contributed by atoms with Crippen molar-refractivity contribution in [3.63, 3.8) is 0 Å². The van der Waals surface area contributed by atoms with Gasteiger partial charge in [0.2, 0.25) is 0 Å². The van der Waals surface area contributed by atoms with Gasteiger partial charge in [0.25, 0.3) is 0 Å². The molecule has 0 aliphatic heterocycles. The van der Waals surface area contributed by atoms with Crippen molar-refractivity contribution in [3.05, 3.63) is 48.6 Å². The summed E-state index contributed by atoms with van der Waals surface area (Å²) in [5.74, 6) is 15.5. The van der Waals surface area contributed by atoms with Gasteiger partial charge in [-0.2, -0.15) is 0 Å². The highest BCUT2D eigenvalue weighted by Gasteiger charge is 2.55. The van der Waals surface area contributed by atoms with E-state index in [9.17, 15) is 10.2 Å². The second-order valence-electron chi connectivity index (χ2n) is 18.7. The molecule has 6 fully saturated rings. The molecule has 278 valence electrons. The van der Waals surface area contributed by atoms with Crippen LogP contribution in [0.5, 0.6) is 0 Å². The van der Waals surface area contributed by atoms with Crippen LogP contribution in [0, 0.1) is 118 Å². The van der Waals surface area contributed by atoms with E-state index in [-0.39, 0.29) is 0 Å². The summed E-state index contributed by atoms with van der Waals surface area (Å²) < 4.78 is 11.2. The molecular formula is C46H70O4. The molecule has 10 aliphatic rings. The van der Waals surface area contributed by atoms with Crippen LogP contribution in [0.2, 0.25) is 0 Å². The fraction of sp³-hybridized carbons (Fsp3) is 0.826. The largest absolute Gasteiger partial charge is 0.396 e. The Morgan fingerprint density at radius 3 is 0.940 bits per heavy atom. The first-order chi connectivity index (χ1) is 24.6. The van der Waals surface area contributed by atoms with Crippen molar-refractivity contribution >= 4 is 0 Å². The first kappa shape index (κ1) is 35.8. The molecule has 20 atom stereocenters. The van der Waals surface area contributed by atoms with Gasteiger partial charge < -0.3 is 19.7 Å². The predicted octanol–water partition coefficient (Wildman–Crippen LogP) is 8.86. The lowest BCUT2D eigenvalue weighted by Gasteiger charge is -2.35. The van der Waals surface area contributed by atoms with Gasteiger partial charge in [0.05, 0.1) is 0 Å². The summed E-state index contributed by atoms with van der Waals surface area (Å²) in [5.41, 5.74) is 0. The molecule has 0 spiro atoms. The molecule has 0 saturated heterocycles. The summed E-state index contributed by atoms with van der Waals surface area (Å²) in [6, 6.07) is 0. The topological polar surface area (TPSA) is 58.9 Å². The summed E-state index contributed by atoms with van der Waals surface area (Å²) in [5, 5.41) is 19.8. The minimum atomic E-state index is 0.382. The number of allylic oxidation sites excluding steroid dienone is 8. The molecule has 0 radical (unpaired) electrons. The smallest absolute Gasteiger partial charge is 0.0499 e. The van der Waals surface area contributed by atoms with Gasteiger partial charge in [0.1, 0.15) is 0 Å². The SMILES string of the molecule is CC.COCC1[C@H](C2CCC([C@@H]3C(COC)[C@H]4C=C[C@@H]3C4)C2)[C@H]2C=C[C@@H]1C2.OCC1[C@H](C2CCC([C@@H]3C(CO)[C@H]4C=C[C@@H]3C4)C2)[C@H]2C=C[C@@H]1C2. The zero-order valence-corrected chi connectivity index (χ0v) is 31.8. The highest BCUT2D eigenvalue weighted by Crippen LogP contribution is 2.61. The molecule has 0 aromatic carbocycles. The summed E-state index contributed by atoms with van der Waals surface area (Å²) in [6.07, 6.45) is 33.6. The maximum Gasteiger partial charge on any atom is 0.0499 e. The first-order valence-corrected chi connectivity index (χ1v) is 21.5. The molecule has 2 N–H and O–H groups in total. The number of methoxy groups -OCH3 is 2. The van der Waals surface area contributed by atoms with E-state index < -0.39 is 0 Å². The zero-order chi connectivity index (χ0) is 34.5. The molecule has 50 heavy (non-hydrogen) atoms. The lowest BCUT2D eigenvalue weighted by Crippen LogP contribution is -2.31. The van der Waals surface area contributed by atoms with Gasteiger partial charge in [-0.25, -0.2) is 0 Å². The van der Waals surface area contributed by atoms with Crippen LogP contribution < -0.4 is 0 Å². The van der Waals surface area contributed by atoms with Gasteiger partial charge in [-0.3, -0.25) is 0 Å². The maximum atomic E-state index is 9.89. The Balaban J connectivity index is 0.000000138. The van der Waals surface area contributed by atoms with Crippen LogP contribution in [0.25, 0.3) is 0 Å². The van der Waals surface area contributed by atoms with Gasteiger partial charge in [-0.15, -0.1) is 0 Å². The van der Waals surface area contributed by atoms with E-state index in [1.54, 1.807) is 0 Å². The summed E-state index contributed by atoms with van der Waals surface area (Å²) in [7, 11) is 3.78.